The Morgan fingerprint density at radius 3 is 3.21 bits per heavy atom. The lowest BCUT2D eigenvalue weighted by molar-refractivity contribution is -0.0836. The summed E-state index contributed by atoms with van der Waals surface area (Å²) in [6.45, 7) is 0.809. The molecule has 0 amide bonds. The number of ether oxygens (including phenoxy) is 1. The number of nitrogens with zero attached hydrogens (tertiary/aromatic N) is 1. The van der Waals surface area contributed by atoms with Crippen LogP contribution < -0.4 is 5.73 Å². The van der Waals surface area contributed by atoms with Crippen molar-refractivity contribution in [1.29, 1.82) is 0 Å². The van der Waals surface area contributed by atoms with Crippen LogP contribution >= 0.6 is 23.4 Å². The average Bonchev–Trinajstić information content (AvgIpc) is 2.86. The van der Waals surface area contributed by atoms with Gasteiger partial charge in [-0.05, 0) is 43.1 Å². The molecule has 0 aliphatic carbocycles. The number of nitrogens with two attached hydrogens (primary N) is 1. The van der Waals surface area contributed by atoms with Crippen LogP contribution in [0.4, 0.5) is 0 Å². The highest BCUT2D eigenvalue weighted by molar-refractivity contribution is 7.99. The quantitative estimate of drug-likeness (QED) is 0.912. The van der Waals surface area contributed by atoms with Gasteiger partial charge < -0.3 is 10.5 Å². The predicted octanol–water partition coefficient (Wildman–Crippen LogP) is 3.04. The van der Waals surface area contributed by atoms with Gasteiger partial charge in [0, 0.05) is 18.6 Å². The molecule has 1 spiro atoms. The fraction of sp³-hybridized carbons (Fsp3) is 0.643. The van der Waals surface area contributed by atoms with Gasteiger partial charge in [0.25, 0.3) is 0 Å². The van der Waals surface area contributed by atoms with Crippen molar-refractivity contribution in [2.75, 3.05) is 18.1 Å². The highest BCUT2D eigenvalue weighted by Gasteiger charge is 2.42. The summed E-state index contributed by atoms with van der Waals surface area (Å²) in [5.41, 5.74) is 7.30. The maximum Gasteiger partial charge on any atom is 0.0783 e. The molecule has 3 rings (SSSR count). The minimum Gasteiger partial charge on any atom is -0.374 e. The third kappa shape index (κ3) is 2.77. The zero-order valence-corrected chi connectivity index (χ0v) is 12.4. The number of aromatic nitrogens is 1. The van der Waals surface area contributed by atoms with Gasteiger partial charge in [-0.25, -0.2) is 0 Å². The first kappa shape index (κ1) is 13.7. The summed E-state index contributed by atoms with van der Waals surface area (Å²) >= 11 is 8.20. The summed E-state index contributed by atoms with van der Waals surface area (Å²) in [4.78, 5) is 4.37. The molecule has 3 nitrogen and oxygen atoms in total. The molecule has 0 radical (unpaired) electrons. The standard InChI is InChI=1S/C14H19ClN2OS/c15-11-2-1-5-17-13(11)12(16)10-3-6-18-14(8-10)4-7-19-9-14/h1-2,5,10,12H,3-4,6-9,16H2. The number of pyridine rings is 1. The van der Waals surface area contributed by atoms with Crippen LogP contribution in [0.25, 0.3) is 0 Å². The van der Waals surface area contributed by atoms with E-state index in [-0.39, 0.29) is 11.6 Å². The molecule has 0 bridgehead atoms. The van der Waals surface area contributed by atoms with Crippen LogP contribution in [-0.2, 0) is 4.74 Å². The fourth-order valence-electron chi connectivity index (χ4n) is 3.10. The minimum absolute atomic E-state index is 0.0620. The van der Waals surface area contributed by atoms with Gasteiger partial charge in [0.05, 0.1) is 22.4 Å². The Morgan fingerprint density at radius 1 is 1.58 bits per heavy atom. The Bertz CT molecular complexity index is 451. The second-order valence-electron chi connectivity index (χ2n) is 5.48. The fourth-order valence-corrected chi connectivity index (χ4v) is 4.73. The zero-order valence-electron chi connectivity index (χ0n) is 10.8. The zero-order chi connectivity index (χ0) is 13.3. The second kappa shape index (κ2) is 5.60. The van der Waals surface area contributed by atoms with Crippen molar-refractivity contribution in [2.45, 2.75) is 30.9 Å². The van der Waals surface area contributed by atoms with Crippen LogP contribution in [0.5, 0.6) is 0 Å². The summed E-state index contributed by atoms with van der Waals surface area (Å²) in [5, 5.41) is 0.677. The first-order valence-electron chi connectivity index (χ1n) is 6.78. The lowest BCUT2D eigenvalue weighted by atomic mass is 9.80. The monoisotopic (exact) mass is 298 g/mol. The number of thioether (sulfide) groups is 1. The van der Waals surface area contributed by atoms with Gasteiger partial charge in [-0.1, -0.05) is 11.6 Å². The normalized spacial score (nSPS) is 32.6. The van der Waals surface area contributed by atoms with E-state index in [1.807, 2.05) is 23.9 Å². The van der Waals surface area contributed by atoms with Crippen molar-refractivity contribution in [3.63, 3.8) is 0 Å². The molecule has 2 fully saturated rings. The molecule has 2 aliphatic heterocycles. The van der Waals surface area contributed by atoms with Crippen molar-refractivity contribution >= 4 is 23.4 Å². The van der Waals surface area contributed by atoms with Crippen LogP contribution in [0, 0.1) is 5.92 Å². The van der Waals surface area contributed by atoms with Gasteiger partial charge in [0.1, 0.15) is 0 Å². The summed E-state index contributed by atoms with van der Waals surface area (Å²) in [5.74, 6) is 2.72. The van der Waals surface area contributed by atoms with Gasteiger partial charge in [-0.15, -0.1) is 0 Å². The molecule has 3 atom stereocenters. The van der Waals surface area contributed by atoms with Gasteiger partial charge in [0.15, 0.2) is 0 Å². The van der Waals surface area contributed by atoms with E-state index in [1.54, 1.807) is 6.20 Å². The van der Waals surface area contributed by atoms with Crippen LogP contribution in [0.3, 0.4) is 0 Å². The molecule has 2 saturated heterocycles. The molecule has 2 N–H and O–H groups in total. The SMILES string of the molecule is NC(c1ncccc1Cl)C1CCOC2(CCSC2)C1. The molecule has 2 aliphatic rings. The van der Waals surface area contributed by atoms with Crippen LogP contribution in [-0.4, -0.2) is 28.7 Å². The lowest BCUT2D eigenvalue weighted by Gasteiger charge is -2.39. The summed E-state index contributed by atoms with van der Waals surface area (Å²) in [6.07, 6.45) is 4.95. The molecule has 1 aromatic rings. The average molecular weight is 299 g/mol. The highest BCUT2D eigenvalue weighted by atomic mass is 35.5. The van der Waals surface area contributed by atoms with E-state index in [0.717, 1.165) is 37.3 Å². The molecule has 0 saturated carbocycles. The summed E-state index contributed by atoms with van der Waals surface area (Å²) in [7, 11) is 0. The highest BCUT2D eigenvalue weighted by Crippen LogP contribution is 2.43. The van der Waals surface area contributed by atoms with Gasteiger partial charge in [-0.3, -0.25) is 4.98 Å². The Balaban J connectivity index is 1.76. The van der Waals surface area contributed by atoms with Crippen LogP contribution in [0.1, 0.15) is 31.0 Å². The largest absolute Gasteiger partial charge is 0.374 e. The van der Waals surface area contributed by atoms with Crippen molar-refractivity contribution in [3.05, 3.63) is 29.0 Å². The summed E-state index contributed by atoms with van der Waals surface area (Å²) < 4.78 is 6.04. The molecule has 5 heteroatoms. The van der Waals surface area contributed by atoms with Crippen molar-refractivity contribution in [3.8, 4) is 0 Å². The van der Waals surface area contributed by atoms with Crippen molar-refractivity contribution < 1.29 is 4.74 Å². The molecule has 3 heterocycles. The number of rotatable bonds is 2. The number of hydrogen-bond donors (Lipinski definition) is 1. The van der Waals surface area contributed by atoms with E-state index in [1.165, 1.54) is 5.75 Å². The Hall–Kier alpha value is -0.290. The molecule has 1 aromatic heterocycles. The third-order valence-corrected chi connectivity index (χ3v) is 5.75. The molecule has 3 unspecified atom stereocenters. The van der Waals surface area contributed by atoms with Crippen LogP contribution in [0.15, 0.2) is 18.3 Å². The van der Waals surface area contributed by atoms with E-state index >= 15 is 0 Å². The Morgan fingerprint density at radius 2 is 2.47 bits per heavy atom. The van der Waals surface area contributed by atoms with E-state index < -0.39 is 0 Å². The molecular formula is C14H19ClN2OS. The molecule has 104 valence electrons. The van der Waals surface area contributed by atoms with Gasteiger partial charge >= 0.3 is 0 Å². The van der Waals surface area contributed by atoms with E-state index in [0.29, 0.717) is 10.9 Å². The topological polar surface area (TPSA) is 48.1 Å². The Kier molecular flexibility index (Phi) is 4.03. The molecule has 19 heavy (non-hydrogen) atoms. The van der Waals surface area contributed by atoms with E-state index in [4.69, 9.17) is 22.1 Å². The molecular weight excluding hydrogens is 280 g/mol. The number of hydrogen-bond acceptors (Lipinski definition) is 4. The van der Waals surface area contributed by atoms with Gasteiger partial charge in [-0.2, -0.15) is 11.8 Å². The second-order valence-corrected chi connectivity index (χ2v) is 7.00. The Labute approximate surface area is 123 Å². The summed E-state index contributed by atoms with van der Waals surface area (Å²) in [6, 6.07) is 3.63. The maximum atomic E-state index is 6.41. The van der Waals surface area contributed by atoms with Crippen LogP contribution in [0.2, 0.25) is 5.02 Å². The third-order valence-electron chi connectivity index (χ3n) is 4.21. The molecule has 0 aromatic carbocycles. The lowest BCUT2D eigenvalue weighted by Crippen LogP contribution is -2.43. The minimum atomic E-state index is -0.0833. The first-order chi connectivity index (χ1) is 9.20. The predicted molar refractivity (Wildman–Crippen MR) is 79.5 cm³/mol. The van der Waals surface area contributed by atoms with E-state index in [9.17, 15) is 0 Å². The van der Waals surface area contributed by atoms with Crippen molar-refractivity contribution in [2.24, 2.45) is 11.7 Å². The van der Waals surface area contributed by atoms with E-state index in [2.05, 4.69) is 4.98 Å². The van der Waals surface area contributed by atoms with Crippen molar-refractivity contribution in [1.82, 2.24) is 4.98 Å². The number of halogens is 1. The maximum absolute atomic E-state index is 6.41. The smallest absolute Gasteiger partial charge is 0.0783 e. The van der Waals surface area contributed by atoms with Gasteiger partial charge in [0.2, 0.25) is 0 Å². The first-order valence-corrected chi connectivity index (χ1v) is 8.31.